The number of rotatable bonds is 6. The molecule has 2 aliphatic rings. The molecule has 2 aromatic rings. The van der Waals surface area contributed by atoms with Crippen LogP contribution in [0.3, 0.4) is 0 Å². The van der Waals surface area contributed by atoms with E-state index < -0.39 is 11.7 Å². The first-order valence-corrected chi connectivity index (χ1v) is 11.2. The van der Waals surface area contributed by atoms with Crippen molar-refractivity contribution in [1.29, 1.82) is 0 Å². The molecule has 2 amide bonds. The highest BCUT2D eigenvalue weighted by Crippen LogP contribution is 2.33. The molecule has 33 heavy (non-hydrogen) atoms. The molecule has 2 heterocycles. The molecule has 0 radical (unpaired) electrons. The third-order valence-electron chi connectivity index (χ3n) is 5.79. The fourth-order valence-corrected chi connectivity index (χ4v) is 4.57. The lowest BCUT2D eigenvalue weighted by molar-refractivity contribution is -0.138. The van der Waals surface area contributed by atoms with Crippen molar-refractivity contribution in [2.75, 3.05) is 26.2 Å². The minimum absolute atomic E-state index is 0.0828. The second-order valence-corrected chi connectivity index (χ2v) is 8.83. The number of hydrogen-bond donors (Lipinski definition) is 0. The number of benzene rings is 2. The van der Waals surface area contributed by atoms with Crippen LogP contribution in [0.15, 0.2) is 48.2 Å². The lowest BCUT2D eigenvalue weighted by atomic mass is 10.0. The molecule has 0 aliphatic carbocycles. The van der Waals surface area contributed by atoms with Crippen LogP contribution in [0, 0.1) is 19.7 Å². The van der Waals surface area contributed by atoms with Crippen LogP contribution in [-0.4, -0.2) is 60.1 Å². The van der Waals surface area contributed by atoms with E-state index in [0.29, 0.717) is 35.7 Å². The molecule has 0 N–H and O–H groups in total. The zero-order valence-electron chi connectivity index (χ0n) is 19.4. The normalized spacial score (nSPS) is 21.2. The molecule has 7 heteroatoms. The van der Waals surface area contributed by atoms with Gasteiger partial charge < -0.3 is 14.4 Å². The average molecular weight is 453 g/mol. The van der Waals surface area contributed by atoms with Gasteiger partial charge in [-0.25, -0.2) is 4.39 Å². The highest BCUT2D eigenvalue weighted by Gasteiger charge is 2.42. The number of nitrogens with zero attached hydrogens (tertiary/aromatic N) is 2. The van der Waals surface area contributed by atoms with Crippen LogP contribution < -0.4 is 4.74 Å². The van der Waals surface area contributed by atoms with Gasteiger partial charge in [0.1, 0.15) is 23.9 Å². The molecule has 0 spiro atoms. The third kappa shape index (κ3) is 4.93. The van der Waals surface area contributed by atoms with Crippen LogP contribution in [0.25, 0.3) is 5.57 Å². The van der Waals surface area contributed by atoms with Crippen molar-refractivity contribution in [2.24, 2.45) is 0 Å². The van der Waals surface area contributed by atoms with Gasteiger partial charge >= 0.3 is 0 Å². The molecule has 0 aromatic heterocycles. The summed E-state index contributed by atoms with van der Waals surface area (Å²) in [6.07, 6.45) is -0.166. The smallest absolute Gasteiger partial charge is 0.277 e. The number of imide groups is 1. The van der Waals surface area contributed by atoms with Crippen molar-refractivity contribution in [1.82, 2.24) is 9.80 Å². The van der Waals surface area contributed by atoms with Gasteiger partial charge in [0.15, 0.2) is 0 Å². The fraction of sp³-hybridized carbons (Fsp3) is 0.385. The summed E-state index contributed by atoms with van der Waals surface area (Å²) in [5, 5.41) is 0. The topological polar surface area (TPSA) is 59.1 Å². The van der Waals surface area contributed by atoms with Crippen molar-refractivity contribution in [2.45, 2.75) is 39.9 Å². The maximum Gasteiger partial charge on any atom is 0.277 e. The van der Waals surface area contributed by atoms with E-state index in [2.05, 4.69) is 6.07 Å². The molecule has 0 saturated carbocycles. The maximum absolute atomic E-state index is 13.5. The van der Waals surface area contributed by atoms with Gasteiger partial charge in [-0.2, -0.15) is 0 Å². The number of hydrogen-bond acceptors (Lipinski definition) is 5. The van der Waals surface area contributed by atoms with E-state index in [1.165, 1.54) is 17.0 Å². The van der Waals surface area contributed by atoms with Crippen LogP contribution >= 0.6 is 0 Å². The van der Waals surface area contributed by atoms with Gasteiger partial charge in [-0.1, -0.05) is 18.2 Å². The number of carbonyl (C=O) groups excluding carboxylic acids is 2. The minimum atomic E-state index is -0.398. The van der Waals surface area contributed by atoms with Crippen molar-refractivity contribution in [3.8, 4) is 5.75 Å². The maximum atomic E-state index is 13.5. The van der Waals surface area contributed by atoms with Crippen LogP contribution in [0.2, 0.25) is 0 Å². The molecule has 2 aromatic carbocycles. The fourth-order valence-electron chi connectivity index (χ4n) is 4.57. The van der Waals surface area contributed by atoms with Gasteiger partial charge in [0.25, 0.3) is 11.8 Å². The average Bonchev–Trinajstić information content (AvgIpc) is 2.98. The highest BCUT2D eigenvalue weighted by molar-refractivity contribution is 6.35. The highest BCUT2D eigenvalue weighted by atomic mass is 19.1. The SMILES string of the molecule is Cc1cc(C)cc(OCCN2C(=O)C(c3ccc(F)cc3)=C(N3CC(C)OC(C)C3)C2=O)c1. The summed E-state index contributed by atoms with van der Waals surface area (Å²) in [4.78, 5) is 30.0. The summed E-state index contributed by atoms with van der Waals surface area (Å²) >= 11 is 0. The van der Waals surface area contributed by atoms with Gasteiger partial charge in [-0.05, 0) is 68.7 Å². The Morgan fingerprint density at radius 3 is 2.18 bits per heavy atom. The second kappa shape index (κ2) is 9.35. The Labute approximate surface area is 193 Å². The van der Waals surface area contributed by atoms with Gasteiger partial charge in [0.2, 0.25) is 0 Å². The zero-order valence-corrected chi connectivity index (χ0v) is 19.4. The largest absolute Gasteiger partial charge is 0.492 e. The van der Waals surface area contributed by atoms with Gasteiger partial charge in [0, 0.05) is 13.1 Å². The minimum Gasteiger partial charge on any atom is -0.492 e. The Hall–Kier alpha value is -3.19. The van der Waals surface area contributed by atoms with Gasteiger partial charge in [-0.3, -0.25) is 14.5 Å². The Morgan fingerprint density at radius 1 is 0.970 bits per heavy atom. The Bertz CT molecular complexity index is 1070. The van der Waals surface area contributed by atoms with Crippen molar-refractivity contribution < 1.29 is 23.5 Å². The molecule has 2 aliphatic heterocycles. The molecule has 4 rings (SSSR count). The first-order valence-electron chi connectivity index (χ1n) is 11.2. The summed E-state index contributed by atoms with van der Waals surface area (Å²) in [6.45, 7) is 9.15. The molecule has 2 unspecified atom stereocenters. The molecule has 2 atom stereocenters. The lowest BCUT2D eigenvalue weighted by Gasteiger charge is -2.37. The van der Waals surface area contributed by atoms with Crippen LogP contribution in [0.4, 0.5) is 4.39 Å². The van der Waals surface area contributed by atoms with Crippen LogP contribution in [-0.2, 0) is 14.3 Å². The predicted octanol–water partition coefficient (Wildman–Crippen LogP) is 3.71. The van der Waals surface area contributed by atoms with E-state index in [-0.39, 0.29) is 31.3 Å². The van der Waals surface area contributed by atoms with E-state index in [0.717, 1.165) is 11.1 Å². The Kier molecular flexibility index (Phi) is 6.51. The van der Waals surface area contributed by atoms with Gasteiger partial charge in [0.05, 0.1) is 24.3 Å². The number of morpholine rings is 1. The van der Waals surface area contributed by atoms with Crippen molar-refractivity contribution in [3.05, 3.63) is 70.7 Å². The van der Waals surface area contributed by atoms with Crippen LogP contribution in [0.5, 0.6) is 5.75 Å². The van der Waals surface area contributed by atoms with E-state index in [1.54, 1.807) is 12.1 Å². The third-order valence-corrected chi connectivity index (χ3v) is 5.79. The quantitative estimate of drug-likeness (QED) is 0.626. The molecule has 6 nitrogen and oxygen atoms in total. The molecule has 0 bridgehead atoms. The molecule has 1 saturated heterocycles. The number of aryl methyl sites for hydroxylation is 2. The number of ether oxygens (including phenoxy) is 2. The monoisotopic (exact) mass is 452 g/mol. The van der Waals surface area contributed by atoms with E-state index in [1.807, 2.05) is 44.7 Å². The van der Waals surface area contributed by atoms with Crippen LogP contribution in [0.1, 0.15) is 30.5 Å². The molecule has 1 fully saturated rings. The lowest BCUT2D eigenvalue weighted by Crippen LogP contribution is -2.47. The second-order valence-electron chi connectivity index (χ2n) is 8.83. The number of halogens is 1. The zero-order chi connectivity index (χ0) is 23.7. The first-order chi connectivity index (χ1) is 15.7. The van der Waals surface area contributed by atoms with E-state index in [9.17, 15) is 14.0 Å². The first kappa shape index (κ1) is 23.0. The predicted molar refractivity (Wildman–Crippen MR) is 123 cm³/mol. The molecule has 174 valence electrons. The Morgan fingerprint density at radius 2 is 1.58 bits per heavy atom. The van der Waals surface area contributed by atoms with Crippen molar-refractivity contribution in [3.63, 3.8) is 0 Å². The number of amides is 2. The van der Waals surface area contributed by atoms with E-state index >= 15 is 0 Å². The Balaban J connectivity index is 1.59. The van der Waals surface area contributed by atoms with Crippen molar-refractivity contribution >= 4 is 17.4 Å². The summed E-state index contributed by atoms with van der Waals surface area (Å²) in [6, 6.07) is 11.6. The summed E-state index contributed by atoms with van der Waals surface area (Å²) in [5.41, 5.74) is 3.33. The van der Waals surface area contributed by atoms with Gasteiger partial charge in [-0.15, -0.1) is 0 Å². The molecular weight excluding hydrogens is 423 g/mol. The van der Waals surface area contributed by atoms with E-state index in [4.69, 9.17) is 9.47 Å². The summed E-state index contributed by atoms with van der Waals surface area (Å²) in [7, 11) is 0. The molecular formula is C26H29FN2O4. The summed E-state index contributed by atoms with van der Waals surface area (Å²) in [5.74, 6) is -0.443. The number of carbonyl (C=O) groups is 2. The standard InChI is InChI=1S/C26H29FN2O4/c1-16-11-17(2)13-22(12-16)32-10-9-29-25(30)23(20-5-7-21(27)8-6-20)24(26(29)31)28-14-18(3)33-19(4)15-28/h5-8,11-13,18-19H,9-10,14-15H2,1-4H3. The summed E-state index contributed by atoms with van der Waals surface area (Å²) < 4.78 is 25.2.